The Labute approximate surface area is 89.7 Å². The third kappa shape index (κ3) is 1.76. The third-order valence-corrected chi connectivity index (χ3v) is 2.80. The lowest BCUT2D eigenvalue weighted by Gasteiger charge is -2.08. The number of nitrogens with zero attached hydrogens (tertiary/aromatic N) is 1. The molecular formula is C12H17N3. The molecule has 3 nitrogen and oxygen atoms in total. The molecule has 0 amide bonds. The van der Waals surface area contributed by atoms with Crippen LogP contribution in [0.3, 0.4) is 0 Å². The zero-order valence-electron chi connectivity index (χ0n) is 8.98. The first-order valence-electron chi connectivity index (χ1n) is 5.23. The van der Waals surface area contributed by atoms with Gasteiger partial charge in [-0.25, -0.2) is 0 Å². The van der Waals surface area contributed by atoms with Gasteiger partial charge in [0.1, 0.15) is 0 Å². The van der Waals surface area contributed by atoms with Crippen LogP contribution in [-0.4, -0.2) is 11.1 Å². The number of hydrogen-bond donors (Lipinski definition) is 2. The number of aryl methyl sites for hydroxylation is 1. The van der Waals surface area contributed by atoms with Gasteiger partial charge in [0.15, 0.2) is 0 Å². The maximum atomic E-state index is 6.09. The fourth-order valence-electron chi connectivity index (χ4n) is 2.00. The van der Waals surface area contributed by atoms with E-state index in [9.17, 15) is 0 Å². The lowest BCUT2D eigenvalue weighted by molar-refractivity contribution is 0.663. The Kier molecular flexibility index (Phi) is 2.75. The van der Waals surface area contributed by atoms with E-state index in [4.69, 9.17) is 11.5 Å². The monoisotopic (exact) mass is 203 g/mol. The molecule has 0 aliphatic carbocycles. The minimum atomic E-state index is 0.0427. The van der Waals surface area contributed by atoms with Crippen LogP contribution < -0.4 is 11.5 Å². The van der Waals surface area contributed by atoms with E-state index in [0.717, 1.165) is 6.42 Å². The minimum absolute atomic E-state index is 0.0427. The molecule has 0 saturated heterocycles. The number of aromatic nitrogens is 1. The number of benzene rings is 1. The Bertz CT molecular complexity index is 459. The second-order valence-corrected chi connectivity index (χ2v) is 3.90. The number of fused-ring (bicyclic) bond motifs is 1. The summed E-state index contributed by atoms with van der Waals surface area (Å²) in [7, 11) is 2.04. The molecule has 1 aromatic heterocycles. The highest BCUT2D eigenvalue weighted by Crippen LogP contribution is 2.25. The van der Waals surface area contributed by atoms with Gasteiger partial charge >= 0.3 is 0 Å². The molecule has 80 valence electrons. The van der Waals surface area contributed by atoms with Crippen molar-refractivity contribution in [1.82, 2.24) is 4.57 Å². The van der Waals surface area contributed by atoms with Crippen molar-refractivity contribution in [3.63, 3.8) is 0 Å². The fraction of sp³-hybridized carbons (Fsp3) is 0.333. The van der Waals surface area contributed by atoms with Crippen LogP contribution in [0, 0.1) is 0 Å². The van der Waals surface area contributed by atoms with Crippen LogP contribution in [0.1, 0.15) is 18.0 Å². The first-order chi connectivity index (χ1) is 7.24. The fourth-order valence-corrected chi connectivity index (χ4v) is 2.00. The highest BCUT2D eigenvalue weighted by atomic mass is 14.9. The molecule has 0 saturated carbocycles. The molecule has 1 heterocycles. The molecule has 1 aromatic carbocycles. The summed E-state index contributed by atoms with van der Waals surface area (Å²) in [4.78, 5) is 0. The highest BCUT2D eigenvalue weighted by Gasteiger charge is 2.11. The molecule has 0 aliphatic rings. The van der Waals surface area contributed by atoms with Crippen LogP contribution in [0.5, 0.6) is 0 Å². The first-order valence-corrected chi connectivity index (χ1v) is 5.23. The van der Waals surface area contributed by atoms with Gasteiger partial charge in [-0.2, -0.15) is 0 Å². The van der Waals surface area contributed by atoms with Crippen molar-refractivity contribution in [2.75, 3.05) is 6.54 Å². The lowest BCUT2D eigenvalue weighted by Crippen LogP contribution is -2.14. The number of nitrogens with two attached hydrogens (primary N) is 2. The topological polar surface area (TPSA) is 57.0 Å². The number of rotatable bonds is 3. The van der Waals surface area contributed by atoms with Gasteiger partial charge in [0, 0.05) is 30.2 Å². The van der Waals surface area contributed by atoms with E-state index >= 15 is 0 Å². The molecule has 0 fully saturated rings. The zero-order valence-corrected chi connectivity index (χ0v) is 8.98. The maximum Gasteiger partial charge on any atom is 0.0481 e. The van der Waals surface area contributed by atoms with Crippen LogP contribution in [0.4, 0.5) is 0 Å². The quantitative estimate of drug-likeness (QED) is 0.794. The molecule has 0 aliphatic heterocycles. The van der Waals surface area contributed by atoms with Crippen molar-refractivity contribution >= 4 is 10.9 Å². The van der Waals surface area contributed by atoms with E-state index in [0.29, 0.717) is 6.54 Å². The van der Waals surface area contributed by atoms with Crippen LogP contribution in [-0.2, 0) is 7.05 Å². The number of hydrogen-bond acceptors (Lipinski definition) is 2. The van der Waals surface area contributed by atoms with Gasteiger partial charge in [0.25, 0.3) is 0 Å². The van der Waals surface area contributed by atoms with Crippen molar-refractivity contribution in [3.05, 3.63) is 36.0 Å². The van der Waals surface area contributed by atoms with Crippen LogP contribution in [0.25, 0.3) is 10.9 Å². The summed E-state index contributed by atoms with van der Waals surface area (Å²) in [6, 6.07) is 8.34. The van der Waals surface area contributed by atoms with Gasteiger partial charge in [-0.05, 0) is 24.6 Å². The lowest BCUT2D eigenvalue weighted by atomic mass is 10.0. The van der Waals surface area contributed by atoms with Gasteiger partial charge in [-0.1, -0.05) is 18.2 Å². The Morgan fingerprint density at radius 2 is 2.07 bits per heavy atom. The first kappa shape index (κ1) is 10.2. The Hall–Kier alpha value is -1.32. The summed E-state index contributed by atoms with van der Waals surface area (Å²) < 4.78 is 2.11. The molecule has 0 radical (unpaired) electrons. The second kappa shape index (κ2) is 4.04. The van der Waals surface area contributed by atoms with Gasteiger partial charge in [0.05, 0.1) is 0 Å². The molecule has 15 heavy (non-hydrogen) atoms. The number of para-hydroxylation sites is 1. The highest BCUT2D eigenvalue weighted by molar-refractivity contribution is 5.84. The van der Waals surface area contributed by atoms with E-state index in [1.807, 2.05) is 19.2 Å². The predicted molar refractivity (Wildman–Crippen MR) is 63.5 cm³/mol. The van der Waals surface area contributed by atoms with Crippen molar-refractivity contribution < 1.29 is 0 Å². The average molecular weight is 203 g/mol. The third-order valence-electron chi connectivity index (χ3n) is 2.80. The smallest absolute Gasteiger partial charge is 0.0481 e. The van der Waals surface area contributed by atoms with Crippen LogP contribution in [0.2, 0.25) is 0 Å². The average Bonchev–Trinajstić information content (AvgIpc) is 2.58. The predicted octanol–water partition coefficient (Wildman–Crippen LogP) is 1.53. The van der Waals surface area contributed by atoms with Gasteiger partial charge < -0.3 is 16.0 Å². The summed E-state index contributed by atoms with van der Waals surface area (Å²) in [6.45, 7) is 0.629. The van der Waals surface area contributed by atoms with Gasteiger partial charge in [-0.3, -0.25) is 0 Å². The van der Waals surface area contributed by atoms with Crippen molar-refractivity contribution in [1.29, 1.82) is 0 Å². The van der Waals surface area contributed by atoms with Crippen molar-refractivity contribution in [3.8, 4) is 0 Å². The summed E-state index contributed by atoms with van der Waals surface area (Å²) in [5.74, 6) is 0. The molecule has 2 aromatic rings. The van der Waals surface area contributed by atoms with Crippen LogP contribution in [0.15, 0.2) is 30.5 Å². The van der Waals surface area contributed by atoms with E-state index in [1.54, 1.807) is 0 Å². The van der Waals surface area contributed by atoms with E-state index < -0.39 is 0 Å². The summed E-state index contributed by atoms with van der Waals surface area (Å²) in [5.41, 5.74) is 14.0. The molecule has 0 bridgehead atoms. The largest absolute Gasteiger partial charge is 0.350 e. The van der Waals surface area contributed by atoms with E-state index in [-0.39, 0.29) is 6.04 Å². The van der Waals surface area contributed by atoms with E-state index in [1.165, 1.54) is 16.5 Å². The molecule has 4 N–H and O–H groups in total. The van der Waals surface area contributed by atoms with Gasteiger partial charge in [-0.15, -0.1) is 0 Å². The Morgan fingerprint density at radius 1 is 1.33 bits per heavy atom. The maximum absolute atomic E-state index is 6.09. The summed E-state index contributed by atoms with van der Waals surface area (Å²) >= 11 is 0. The van der Waals surface area contributed by atoms with Gasteiger partial charge in [0.2, 0.25) is 0 Å². The normalized spacial score (nSPS) is 13.3. The van der Waals surface area contributed by atoms with E-state index in [2.05, 4.69) is 22.9 Å². The molecule has 1 atom stereocenters. The van der Waals surface area contributed by atoms with Crippen LogP contribution >= 0.6 is 0 Å². The summed E-state index contributed by atoms with van der Waals surface area (Å²) in [5, 5.41) is 1.24. The molecule has 1 unspecified atom stereocenters. The Morgan fingerprint density at radius 3 is 2.80 bits per heavy atom. The van der Waals surface area contributed by atoms with Crippen molar-refractivity contribution in [2.45, 2.75) is 12.5 Å². The van der Waals surface area contributed by atoms with Crippen molar-refractivity contribution in [2.24, 2.45) is 18.5 Å². The SMILES string of the molecule is Cn1cc(C(N)CCN)c2ccccc21. The Balaban J connectivity index is 2.52. The second-order valence-electron chi connectivity index (χ2n) is 3.90. The molecule has 0 spiro atoms. The zero-order chi connectivity index (χ0) is 10.8. The summed E-state index contributed by atoms with van der Waals surface area (Å²) in [6.07, 6.45) is 2.93. The standard InChI is InChI=1S/C12H17N3/c1-15-8-10(11(14)6-7-13)9-4-2-3-5-12(9)15/h2-5,8,11H,6-7,13-14H2,1H3. The molecule has 3 heteroatoms. The molecular weight excluding hydrogens is 186 g/mol. The minimum Gasteiger partial charge on any atom is -0.350 e. The molecule has 2 rings (SSSR count).